The first-order chi connectivity index (χ1) is 15.5. The molecule has 0 N–H and O–H groups in total. The molecule has 0 spiro atoms. The monoisotopic (exact) mass is 442 g/mol. The van der Waals surface area contributed by atoms with Gasteiger partial charge in [0.1, 0.15) is 0 Å². The molecule has 0 unspecified atom stereocenters. The summed E-state index contributed by atoms with van der Waals surface area (Å²) in [5.74, 6) is -0.359. The third-order valence-electron chi connectivity index (χ3n) is 4.57. The Balaban J connectivity index is 1.67. The number of amides is 1. The van der Waals surface area contributed by atoms with E-state index in [4.69, 9.17) is 0 Å². The van der Waals surface area contributed by atoms with Crippen LogP contribution in [0.1, 0.15) is 16.7 Å². The first-order valence-corrected chi connectivity index (χ1v) is 10.5. The number of carbonyl (C=O) groups excluding carboxylic acids is 1. The van der Waals surface area contributed by atoms with Gasteiger partial charge in [0.15, 0.2) is 0 Å². The number of fused-ring (bicyclic) bond motifs is 1. The van der Waals surface area contributed by atoms with Crippen molar-refractivity contribution < 1.29 is 9.72 Å². The molecule has 1 aromatic heterocycles. The number of nitro groups is 1. The molecule has 0 aliphatic heterocycles. The zero-order valence-electron chi connectivity index (χ0n) is 17.1. The van der Waals surface area contributed by atoms with E-state index >= 15 is 0 Å². The van der Waals surface area contributed by atoms with Gasteiger partial charge in [-0.3, -0.25) is 14.9 Å². The van der Waals surface area contributed by atoms with Gasteiger partial charge in [0.2, 0.25) is 5.13 Å². The van der Waals surface area contributed by atoms with Crippen LogP contribution >= 0.6 is 11.3 Å². The number of aryl methyl sites for hydroxylation is 1. The van der Waals surface area contributed by atoms with Crippen LogP contribution in [0.5, 0.6) is 0 Å². The minimum atomic E-state index is -0.464. The molecule has 4 aromatic rings. The van der Waals surface area contributed by atoms with E-state index in [1.54, 1.807) is 18.2 Å². The zero-order chi connectivity index (χ0) is 22.5. The number of hydrogen-bond acceptors (Lipinski definition) is 6. The number of benzene rings is 3. The first-order valence-electron chi connectivity index (χ1n) is 9.72. The molecule has 0 saturated carbocycles. The van der Waals surface area contributed by atoms with Gasteiger partial charge in [-0.1, -0.05) is 47.7 Å². The second-order valence-electron chi connectivity index (χ2n) is 6.95. The van der Waals surface area contributed by atoms with Gasteiger partial charge in [-0.15, -0.1) is 0 Å². The number of aromatic nitrogens is 1. The zero-order valence-corrected chi connectivity index (χ0v) is 17.9. The van der Waals surface area contributed by atoms with Crippen molar-refractivity contribution in [2.75, 3.05) is 5.01 Å². The number of nitro benzene ring substituents is 1. The van der Waals surface area contributed by atoms with Gasteiger partial charge in [-0.05, 0) is 54.0 Å². The highest BCUT2D eigenvalue weighted by molar-refractivity contribution is 7.22. The van der Waals surface area contributed by atoms with Crippen LogP contribution in [0.3, 0.4) is 0 Å². The molecule has 0 aliphatic rings. The molecular weight excluding hydrogens is 424 g/mol. The highest BCUT2D eigenvalue weighted by Crippen LogP contribution is 2.30. The van der Waals surface area contributed by atoms with Gasteiger partial charge >= 0.3 is 0 Å². The lowest BCUT2D eigenvalue weighted by Crippen LogP contribution is -2.23. The maximum Gasteiger partial charge on any atom is 0.273 e. The Bertz CT molecular complexity index is 1330. The van der Waals surface area contributed by atoms with Crippen LogP contribution in [0.4, 0.5) is 10.8 Å². The van der Waals surface area contributed by atoms with Crippen LogP contribution in [0.25, 0.3) is 16.3 Å². The number of hydrogen-bond donors (Lipinski definition) is 0. The summed E-state index contributed by atoms with van der Waals surface area (Å²) in [6.45, 7) is 2.00. The van der Waals surface area contributed by atoms with Gasteiger partial charge < -0.3 is 0 Å². The molecule has 0 aliphatic carbocycles. The predicted molar refractivity (Wildman–Crippen MR) is 128 cm³/mol. The van der Waals surface area contributed by atoms with Crippen LogP contribution in [0.15, 0.2) is 84.0 Å². The summed E-state index contributed by atoms with van der Waals surface area (Å²) in [7, 11) is 0. The number of thiazole rings is 1. The van der Waals surface area contributed by atoms with Crippen LogP contribution in [0, 0.1) is 17.0 Å². The lowest BCUT2D eigenvalue weighted by atomic mass is 10.2. The molecule has 1 amide bonds. The van der Waals surface area contributed by atoms with Crippen molar-refractivity contribution in [3.63, 3.8) is 0 Å². The summed E-state index contributed by atoms with van der Waals surface area (Å²) in [4.78, 5) is 28.0. The molecular formula is C24H18N4O3S. The van der Waals surface area contributed by atoms with E-state index in [0.29, 0.717) is 10.7 Å². The van der Waals surface area contributed by atoms with Crippen molar-refractivity contribution in [1.29, 1.82) is 0 Å². The van der Waals surface area contributed by atoms with Crippen LogP contribution in [-0.4, -0.2) is 22.0 Å². The van der Waals surface area contributed by atoms with Crippen molar-refractivity contribution in [2.45, 2.75) is 6.92 Å². The van der Waals surface area contributed by atoms with E-state index in [9.17, 15) is 14.9 Å². The smallest absolute Gasteiger partial charge is 0.267 e. The largest absolute Gasteiger partial charge is 0.273 e. The summed E-state index contributed by atoms with van der Waals surface area (Å²) < 4.78 is 0.954. The molecule has 158 valence electrons. The lowest BCUT2D eigenvalue weighted by molar-refractivity contribution is -0.384. The normalized spacial score (nSPS) is 11.4. The Morgan fingerprint density at radius 1 is 1.06 bits per heavy atom. The van der Waals surface area contributed by atoms with E-state index in [1.165, 1.54) is 40.8 Å². The molecule has 0 bridgehead atoms. The number of non-ortho nitro benzene ring substituents is 1. The molecule has 4 rings (SSSR count). The van der Waals surface area contributed by atoms with E-state index in [-0.39, 0.29) is 11.6 Å². The van der Waals surface area contributed by atoms with Crippen molar-refractivity contribution in [3.8, 4) is 0 Å². The summed E-state index contributed by atoms with van der Waals surface area (Å²) in [6.07, 6.45) is 4.64. The number of carbonyl (C=O) groups is 1. The first kappa shape index (κ1) is 21.1. The van der Waals surface area contributed by atoms with E-state index in [1.807, 2.05) is 55.5 Å². The Kier molecular flexibility index (Phi) is 6.14. The SMILES string of the molecule is Cc1ccc2nc(N(/N=C/c3ccc([N+](=O)[O-])cc3)C(=O)/C=C/c3ccccc3)sc2c1. The Labute approximate surface area is 188 Å². The molecule has 3 aromatic carbocycles. The Morgan fingerprint density at radius 2 is 1.81 bits per heavy atom. The Hall–Kier alpha value is -4.17. The van der Waals surface area contributed by atoms with Gasteiger partial charge in [0.25, 0.3) is 11.6 Å². The predicted octanol–water partition coefficient (Wildman–Crippen LogP) is 5.59. The van der Waals surface area contributed by atoms with Gasteiger partial charge in [-0.2, -0.15) is 10.1 Å². The highest BCUT2D eigenvalue weighted by Gasteiger charge is 2.17. The van der Waals surface area contributed by atoms with E-state index in [2.05, 4.69) is 10.1 Å². The number of hydrazone groups is 1. The summed E-state index contributed by atoms with van der Waals surface area (Å²) in [6, 6.07) is 21.3. The van der Waals surface area contributed by atoms with E-state index in [0.717, 1.165) is 21.3 Å². The summed E-state index contributed by atoms with van der Waals surface area (Å²) in [5, 5.41) is 16.9. The molecule has 0 fully saturated rings. The molecule has 7 nitrogen and oxygen atoms in total. The van der Waals surface area contributed by atoms with E-state index < -0.39 is 4.92 Å². The molecule has 0 saturated heterocycles. The molecule has 8 heteroatoms. The second-order valence-corrected chi connectivity index (χ2v) is 7.96. The minimum Gasteiger partial charge on any atom is -0.267 e. The Morgan fingerprint density at radius 3 is 2.53 bits per heavy atom. The third-order valence-corrected chi connectivity index (χ3v) is 5.56. The highest BCUT2D eigenvalue weighted by atomic mass is 32.1. The third kappa shape index (κ3) is 4.93. The fourth-order valence-corrected chi connectivity index (χ4v) is 3.95. The fraction of sp³-hybridized carbons (Fsp3) is 0.0417. The number of anilines is 1. The van der Waals surface area contributed by atoms with Gasteiger partial charge in [0.05, 0.1) is 21.4 Å². The van der Waals surface area contributed by atoms with Crippen LogP contribution in [-0.2, 0) is 4.79 Å². The van der Waals surface area contributed by atoms with Gasteiger partial charge in [-0.25, -0.2) is 4.98 Å². The van der Waals surface area contributed by atoms with Crippen LogP contribution < -0.4 is 5.01 Å². The standard InChI is InChI=1S/C24H18N4O3S/c1-17-7-13-21-22(15-17)32-24(26-21)27(23(29)14-10-18-5-3-2-4-6-18)25-16-19-8-11-20(12-9-19)28(30)31/h2-16H,1H3/b14-10+,25-16+. The maximum absolute atomic E-state index is 13.0. The number of nitrogens with zero attached hydrogens (tertiary/aromatic N) is 4. The topological polar surface area (TPSA) is 88.7 Å². The molecule has 0 atom stereocenters. The lowest BCUT2D eigenvalue weighted by Gasteiger charge is -2.11. The molecule has 1 heterocycles. The van der Waals surface area contributed by atoms with Crippen molar-refractivity contribution >= 4 is 50.6 Å². The molecule has 0 radical (unpaired) electrons. The summed E-state index contributed by atoms with van der Waals surface area (Å²) in [5.41, 5.74) is 3.38. The van der Waals surface area contributed by atoms with Crippen LogP contribution in [0.2, 0.25) is 0 Å². The van der Waals surface area contributed by atoms with Crippen molar-refractivity contribution in [3.05, 3.63) is 106 Å². The fourth-order valence-electron chi connectivity index (χ4n) is 2.92. The minimum absolute atomic E-state index is 0.0116. The van der Waals surface area contributed by atoms with Crippen molar-refractivity contribution in [1.82, 2.24) is 4.98 Å². The average Bonchev–Trinajstić information content (AvgIpc) is 3.21. The second kappa shape index (κ2) is 9.32. The molecule has 32 heavy (non-hydrogen) atoms. The maximum atomic E-state index is 13.0. The quantitative estimate of drug-likeness (QED) is 0.168. The number of rotatable bonds is 6. The summed E-state index contributed by atoms with van der Waals surface area (Å²) >= 11 is 1.37. The van der Waals surface area contributed by atoms with Gasteiger partial charge in [0, 0.05) is 18.2 Å². The van der Waals surface area contributed by atoms with Crippen molar-refractivity contribution in [2.24, 2.45) is 5.10 Å². The average molecular weight is 443 g/mol.